The van der Waals surface area contributed by atoms with Crippen molar-refractivity contribution < 1.29 is 4.79 Å². The van der Waals surface area contributed by atoms with Crippen LogP contribution in [0.3, 0.4) is 0 Å². The van der Waals surface area contributed by atoms with Gasteiger partial charge in [0.2, 0.25) is 0 Å². The third kappa shape index (κ3) is 3.88. The SMILES string of the molecule is O=C(NCCn1cc(Cn2ccnc2)c2ccccc21)c1ccc(Cl)cc1. The molecule has 27 heavy (non-hydrogen) atoms. The van der Waals surface area contributed by atoms with E-state index >= 15 is 0 Å². The van der Waals surface area contributed by atoms with Crippen molar-refractivity contribution in [1.82, 2.24) is 19.4 Å². The Balaban J connectivity index is 1.47. The van der Waals surface area contributed by atoms with E-state index in [0.29, 0.717) is 23.7 Å². The molecule has 0 bridgehead atoms. The van der Waals surface area contributed by atoms with Gasteiger partial charge in [-0.2, -0.15) is 0 Å². The fourth-order valence-corrected chi connectivity index (χ4v) is 3.33. The van der Waals surface area contributed by atoms with Crippen molar-refractivity contribution in [3.63, 3.8) is 0 Å². The second-order valence-electron chi connectivity index (χ2n) is 6.36. The van der Waals surface area contributed by atoms with E-state index < -0.39 is 0 Å². The van der Waals surface area contributed by atoms with Crippen LogP contribution in [0.1, 0.15) is 15.9 Å². The first kappa shape index (κ1) is 17.4. The van der Waals surface area contributed by atoms with Crippen LogP contribution in [0.4, 0.5) is 0 Å². The van der Waals surface area contributed by atoms with Gasteiger partial charge in [-0.15, -0.1) is 0 Å². The molecule has 0 aliphatic heterocycles. The maximum absolute atomic E-state index is 12.3. The van der Waals surface area contributed by atoms with Crippen LogP contribution in [0.15, 0.2) is 73.4 Å². The van der Waals surface area contributed by atoms with Crippen LogP contribution < -0.4 is 5.32 Å². The smallest absolute Gasteiger partial charge is 0.251 e. The summed E-state index contributed by atoms with van der Waals surface area (Å²) in [5.74, 6) is -0.0956. The molecule has 2 heterocycles. The van der Waals surface area contributed by atoms with Crippen LogP contribution in [0.25, 0.3) is 10.9 Å². The number of nitrogens with zero attached hydrogens (tertiary/aromatic N) is 3. The minimum atomic E-state index is -0.0956. The van der Waals surface area contributed by atoms with Crippen LogP contribution in [0, 0.1) is 0 Å². The van der Waals surface area contributed by atoms with Crippen molar-refractivity contribution in [3.8, 4) is 0 Å². The number of carbonyl (C=O) groups is 1. The number of nitrogens with one attached hydrogen (secondary N) is 1. The maximum atomic E-state index is 12.3. The van der Waals surface area contributed by atoms with Gasteiger partial charge < -0.3 is 14.5 Å². The number of amides is 1. The van der Waals surface area contributed by atoms with Gasteiger partial charge in [0.25, 0.3) is 5.91 Å². The maximum Gasteiger partial charge on any atom is 0.251 e. The van der Waals surface area contributed by atoms with Gasteiger partial charge in [-0.1, -0.05) is 29.8 Å². The predicted molar refractivity (Wildman–Crippen MR) is 107 cm³/mol. The van der Waals surface area contributed by atoms with Gasteiger partial charge in [-0.25, -0.2) is 4.98 Å². The highest BCUT2D eigenvalue weighted by Crippen LogP contribution is 2.22. The first-order valence-electron chi connectivity index (χ1n) is 8.77. The molecule has 0 atom stereocenters. The van der Waals surface area contributed by atoms with Crippen LogP contribution in [0.2, 0.25) is 5.02 Å². The molecule has 5 nitrogen and oxygen atoms in total. The Hall–Kier alpha value is -3.05. The van der Waals surface area contributed by atoms with Crippen molar-refractivity contribution in [3.05, 3.63) is 89.6 Å². The zero-order valence-corrected chi connectivity index (χ0v) is 15.4. The van der Waals surface area contributed by atoms with Gasteiger partial charge in [-0.05, 0) is 35.9 Å². The summed E-state index contributed by atoms with van der Waals surface area (Å²) in [4.78, 5) is 16.4. The molecule has 2 aromatic heterocycles. The molecule has 0 radical (unpaired) electrons. The monoisotopic (exact) mass is 378 g/mol. The van der Waals surface area contributed by atoms with E-state index in [0.717, 1.165) is 12.1 Å². The second kappa shape index (κ2) is 7.68. The first-order chi connectivity index (χ1) is 13.2. The summed E-state index contributed by atoms with van der Waals surface area (Å²) in [6.45, 7) is 2.01. The van der Waals surface area contributed by atoms with Crippen molar-refractivity contribution in [2.45, 2.75) is 13.1 Å². The topological polar surface area (TPSA) is 51.9 Å². The molecule has 0 aliphatic carbocycles. The lowest BCUT2D eigenvalue weighted by Crippen LogP contribution is -2.27. The number of aromatic nitrogens is 3. The van der Waals surface area contributed by atoms with Crippen molar-refractivity contribution >= 4 is 28.4 Å². The summed E-state index contributed by atoms with van der Waals surface area (Å²) < 4.78 is 4.23. The molecular weight excluding hydrogens is 360 g/mol. The standard InChI is InChI=1S/C21H19ClN4O/c22-18-7-5-16(6-8-18)21(27)24-10-12-26-14-17(13-25-11-9-23-15-25)19-3-1-2-4-20(19)26/h1-9,11,14-15H,10,12-13H2,(H,24,27). The molecule has 1 amide bonds. The van der Waals surface area contributed by atoms with Gasteiger partial charge in [0.05, 0.1) is 12.9 Å². The molecule has 0 unspecified atom stereocenters. The molecule has 2 aromatic carbocycles. The van der Waals surface area contributed by atoms with E-state index in [2.05, 4.69) is 37.8 Å². The zero-order valence-electron chi connectivity index (χ0n) is 14.7. The first-order valence-corrected chi connectivity index (χ1v) is 9.15. The normalized spacial score (nSPS) is 11.0. The number of benzene rings is 2. The zero-order chi connectivity index (χ0) is 18.6. The molecule has 4 aromatic rings. The third-order valence-corrected chi connectivity index (χ3v) is 4.78. The lowest BCUT2D eigenvalue weighted by atomic mass is 10.2. The van der Waals surface area contributed by atoms with E-state index in [4.69, 9.17) is 11.6 Å². The number of hydrogen-bond acceptors (Lipinski definition) is 2. The van der Waals surface area contributed by atoms with E-state index in [1.165, 1.54) is 10.9 Å². The Morgan fingerprint density at radius 1 is 1.11 bits per heavy atom. The van der Waals surface area contributed by atoms with Crippen molar-refractivity contribution in [2.75, 3.05) is 6.54 Å². The van der Waals surface area contributed by atoms with Crippen LogP contribution in [0.5, 0.6) is 0 Å². The number of hydrogen-bond donors (Lipinski definition) is 1. The van der Waals surface area contributed by atoms with Gasteiger partial charge in [0, 0.05) is 53.2 Å². The molecule has 0 saturated carbocycles. The molecule has 0 aliphatic rings. The minimum absolute atomic E-state index is 0.0956. The lowest BCUT2D eigenvalue weighted by molar-refractivity contribution is 0.0952. The summed E-state index contributed by atoms with van der Waals surface area (Å²) in [7, 11) is 0. The summed E-state index contributed by atoms with van der Waals surface area (Å²) >= 11 is 5.87. The highest BCUT2D eigenvalue weighted by Gasteiger charge is 2.09. The predicted octanol–water partition coefficient (Wildman–Crippen LogP) is 3.97. The van der Waals surface area contributed by atoms with Crippen molar-refractivity contribution in [2.24, 2.45) is 0 Å². The minimum Gasteiger partial charge on any atom is -0.350 e. The number of carbonyl (C=O) groups excluding carboxylic acids is 1. The lowest BCUT2D eigenvalue weighted by Gasteiger charge is -2.08. The average molecular weight is 379 g/mol. The number of halogens is 1. The van der Waals surface area contributed by atoms with Gasteiger partial charge in [0.15, 0.2) is 0 Å². The average Bonchev–Trinajstić information content (AvgIpc) is 3.31. The summed E-state index contributed by atoms with van der Waals surface area (Å²) in [5.41, 5.74) is 3.00. The highest BCUT2D eigenvalue weighted by molar-refractivity contribution is 6.30. The van der Waals surface area contributed by atoms with Gasteiger partial charge in [0.1, 0.15) is 0 Å². The largest absolute Gasteiger partial charge is 0.350 e. The Morgan fingerprint density at radius 2 is 1.93 bits per heavy atom. The molecular formula is C21H19ClN4O. The number of para-hydroxylation sites is 1. The fraction of sp³-hybridized carbons (Fsp3) is 0.143. The molecule has 0 fully saturated rings. The van der Waals surface area contributed by atoms with Gasteiger partial charge in [-0.3, -0.25) is 4.79 Å². The molecule has 136 valence electrons. The van der Waals surface area contributed by atoms with Crippen molar-refractivity contribution in [1.29, 1.82) is 0 Å². The summed E-state index contributed by atoms with van der Waals surface area (Å²) in [5, 5.41) is 4.81. The van der Waals surface area contributed by atoms with E-state index in [1.54, 1.807) is 30.5 Å². The molecule has 1 N–H and O–H groups in total. The number of rotatable bonds is 6. The summed E-state index contributed by atoms with van der Waals surface area (Å²) in [6.07, 6.45) is 7.71. The summed E-state index contributed by atoms with van der Waals surface area (Å²) in [6, 6.07) is 15.2. The van der Waals surface area contributed by atoms with Crippen LogP contribution in [-0.4, -0.2) is 26.6 Å². The molecule has 4 rings (SSSR count). The molecule has 0 saturated heterocycles. The highest BCUT2D eigenvalue weighted by atomic mass is 35.5. The van der Waals surface area contributed by atoms with Crippen LogP contribution in [-0.2, 0) is 13.1 Å². The Labute approximate surface area is 162 Å². The second-order valence-corrected chi connectivity index (χ2v) is 6.80. The number of imidazole rings is 1. The quantitative estimate of drug-likeness (QED) is 0.552. The molecule has 6 heteroatoms. The Morgan fingerprint density at radius 3 is 2.70 bits per heavy atom. The Bertz CT molecular complexity index is 1050. The molecule has 0 spiro atoms. The van der Waals surface area contributed by atoms with E-state index in [1.807, 2.05) is 24.7 Å². The third-order valence-electron chi connectivity index (χ3n) is 4.53. The van der Waals surface area contributed by atoms with E-state index in [9.17, 15) is 4.79 Å². The van der Waals surface area contributed by atoms with Gasteiger partial charge >= 0.3 is 0 Å². The van der Waals surface area contributed by atoms with E-state index in [-0.39, 0.29) is 5.91 Å². The number of fused-ring (bicyclic) bond motifs is 1. The van der Waals surface area contributed by atoms with Crippen LogP contribution >= 0.6 is 11.6 Å². The Kier molecular flexibility index (Phi) is 4.94. The fourth-order valence-electron chi connectivity index (χ4n) is 3.20.